The van der Waals surface area contributed by atoms with Gasteiger partial charge in [-0.2, -0.15) is 5.10 Å². The highest BCUT2D eigenvalue weighted by Gasteiger charge is 2.00. The summed E-state index contributed by atoms with van der Waals surface area (Å²) >= 11 is 0. The number of carbonyl (C=O) groups is 1. The minimum absolute atomic E-state index is 0.193. The quantitative estimate of drug-likeness (QED) is 0.778. The Hall–Kier alpha value is -2.04. The predicted octanol–water partition coefficient (Wildman–Crippen LogP) is 1.48. The van der Waals surface area contributed by atoms with Crippen LogP contribution in [0.15, 0.2) is 30.6 Å². The number of nitrogens with zero attached hydrogens (tertiary/aromatic N) is 2. The van der Waals surface area contributed by atoms with Crippen LogP contribution in [-0.2, 0) is 0 Å². The second-order valence-corrected chi connectivity index (χ2v) is 3.10. The lowest BCUT2D eigenvalue weighted by atomic mass is 10.3. The monoisotopic (exact) mass is 204 g/mol. The topological polar surface area (TPSA) is 58.4 Å². The molecule has 0 aliphatic rings. The van der Waals surface area contributed by atoms with Crippen molar-refractivity contribution < 1.29 is 4.79 Å². The summed E-state index contributed by atoms with van der Waals surface area (Å²) in [4.78, 5) is 11.2. The van der Waals surface area contributed by atoms with Crippen molar-refractivity contribution >= 4 is 17.2 Å². The van der Waals surface area contributed by atoms with E-state index < -0.39 is 0 Å². The molecule has 0 saturated carbocycles. The Balaban J connectivity index is 2.17. The molecule has 0 atom stereocenters. The first-order valence-corrected chi connectivity index (χ1v) is 4.78. The maximum absolute atomic E-state index is 11.2. The lowest BCUT2D eigenvalue weighted by molar-refractivity contribution is 0.252. The Labute approximate surface area is 87.1 Å². The molecular formula is C10H12N4O. The average Bonchev–Trinajstić information content (AvgIpc) is 2.65. The summed E-state index contributed by atoms with van der Waals surface area (Å²) < 4.78 is 1.74. The minimum atomic E-state index is -0.193. The van der Waals surface area contributed by atoms with Gasteiger partial charge >= 0.3 is 6.03 Å². The van der Waals surface area contributed by atoms with Crippen molar-refractivity contribution in [3.63, 3.8) is 0 Å². The van der Waals surface area contributed by atoms with Crippen LogP contribution in [0, 0.1) is 0 Å². The fourth-order valence-corrected chi connectivity index (χ4v) is 1.34. The van der Waals surface area contributed by atoms with Crippen LogP contribution in [-0.4, -0.2) is 22.2 Å². The van der Waals surface area contributed by atoms with Gasteiger partial charge in [0.15, 0.2) is 0 Å². The van der Waals surface area contributed by atoms with Gasteiger partial charge in [0.1, 0.15) is 0 Å². The van der Waals surface area contributed by atoms with Crippen LogP contribution in [0.3, 0.4) is 0 Å². The molecule has 78 valence electrons. The molecule has 0 aliphatic carbocycles. The van der Waals surface area contributed by atoms with Crippen molar-refractivity contribution in [2.75, 3.05) is 11.9 Å². The lowest BCUT2D eigenvalue weighted by Crippen LogP contribution is -2.28. The van der Waals surface area contributed by atoms with E-state index in [0.717, 1.165) is 11.2 Å². The highest BCUT2D eigenvalue weighted by molar-refractivity contribution is 5.89. The molecule has 2 aromatic heterocycles. The molecule has 2 rings (SSSR count). The van der Waals surface area contributed by atoms with E-state index in [2.05, 4.69) is 15.7 Å². The van der Waals surface area contributed by atoms with E-state index >= 15 is 0 Å². The zero-order valence-electron chi connectivity index (χ0n) is 8.40. The Morgan fingerprint density at radius 1 is 1.53 bits per heavy atom. The normalized spacial score (nSPS) is 10.2. The van der Waals surface area contributed by atoms with Gasteiger partial charge in [0.25, 0.3) is 0 Å². The fourth-order valence-electron chi connectivity index (χ4n) is 1.34. The molecule has 2 heterocycles. The molecule has 15 heavy (non-hydrogen) atoms. The largest absolute Gasteiger partial charge is 0.338 e. The van der Waals surface area contributed by atoms with Crippen molar-refractivity contribution in [1.29, 1.82) is 0 Å². The number of hydrogen-bond donors (Lipinski definition) is 2. The van der Waals surface area contributed by atoms with E-state index in [1.54, 1.807) is 23.0 Å². The molecule has 2 aromatic rings. The van der Waals surface area contributed by atoms with Crippen LogP contribution >= 0.6 is 0 Å². The molecule has 0 aliphatic heterocycles. The zero-order chi connectivity index (χ0) is 10.7. The minimum Gasteiger partial charge on any atom is -0.338 e. The fraction of sp³-hybridized carbons (Fsp3) is 0.200. The molecule has 2 amide bonds. The van der Waals surface area contributed by atoms with Crippen LogP contribution in [0.4, 0.5) is 10.5 Å². The van der Waals surface area contributed by atoms with Gasteiger partial charge in [0.2, 0.25) is 0 Å². The average molecular weight is 204 g/mol. The van der Waals surface area contributed by atoms with Gasteiger partial charge in [0.05, 0.1) is 5.52 Å². The summed E-state index contributed by atoms with van der Waals surface area (Å²) in [7, 11) is 0. The van der Waals surface area contributed by atoms with Gasteiger partial charge in [-0.15, -0.1) is 0 Å². The second kappa shape index (κ2) is 4.00. The Morgan fingerprint density at radius 3 is 3.20 bits per heavy atom. The first-order chi connectivity index (χ1) is 7.29. The van der Waals surface area contributed by atoms with Crippen LogP contribution < -0.4 is 10.6 Å². The number of hydrogen-bond acceptors (Lipinski definition) is 2. The van der Waals surface area contributed by atoms with Crippen molar-refractivity contribution in [2.45, 2.75) is 6.92 Å². The molecule has 5 nitrogen and oxygen atoms in total. The van der Waals surface area contributed by atoms with E-state index in [-0.39, 0.29) is 6.03 Å². The van der Waals surface area contributed by atoms with Crippen LogP contribution in [0.2, 0.25) is 0 Å². The van der Waals surface area contributed by atoms with Crippen molar-refractivity contribution in [1.82, 2.24) is 14.9 Å². The molecular weight excluding hydrogens is 192 g/mol. The van der Waals surface area contributed by atoms with Crippen LogP contribution in [0.5, 0.6) is 0 Å². The lowest BCUT2D eigenvalue weighted by Gasteiger charge is -2.05. The summed E-state index contributed by atoms with van der Waals surface area (Å²) in [6.07, 6.45) is 3.52. The predicted molar refractivity (Wildman–Crippen MR) is 57.9 cm³/mol. The van der Waals surface area contributed by atoms with Crippen molar-refractivity contribution in [3.8, 4) is 0 Å². The van der Waals surface area contributed by atoms with Gasteiger partial charge in [-0.3, -0.25) is 0 Å². The molecule has 0 aromatic carbocycles. The Bertz CT molecular complexity index is 477. The van der Waals surface area contributed by atoms with E-state index in [0.29, 0.717) is 6.54 Å². The molecule has 5 heteroatoms. The smallest absolute Gasteiger partial charge is 0.319 e. The number of amides is 2. The van der Waals surface area contributed by atoms with Crippen molar-refractivity contribution in [2.24, 2.45) is 0 Å². The highest BCUT2D eigenvalue weighted by atomic mass is 16.2. The maximum atomic E-state index is 11.2. The van der Waals surface area contributed by atoms with Gasteiger partial charge in [0, 0.05) is 24.6 Å². The van der Waals surface area contributed by atoms with Gasteiger partial charge in [-0.1, -0.05) is 0 Å². The van der Waals surface area contributed by atoms with E-state index in [4.69, 9.17) is 0 Å². The summed E-state index contributed by atoms with van der Waals surface area (Å²) in [5.41, 5.74) is 1.71. The summed E-state index contributed by atoms with van der Waals surface area (Å²) in [5.74, 6) is 0. The number of rotatable bonds is 2. The second-order valence-electron chi connectivity index (χ2n) is 3.10. The van der Waals surface area contributed by atoms with Gasteiger partial charge in [-0.05, 0) is 25.1 Å². The summed E-state index contributed by atoms with van der Waals surface area (Å²) in [5, 5.41) is 9.46. The third kappa shape index (κ3) is 2.07. The summed E-state index contributed by atoms with van der Waals surface area (Å²) in [6.45, 7) is 2.49. The molecule has 0 fully saturated rings. The number of aromatic nitrogens is 2. The third-order valence-corrected chi connectivity index (χ3v) is 1.99. The van der Waals surface area contributed by atoms with Crippen molar-refractivity contribution in [3.05, 3.63) is 30.6 Å². The van der Waals surface area contributed by atoms with E-state index in [1.807, 2.05) is 19.1 Å². The number of nitrogens with one attached hydrogen (secondary N) is 2. The first kappa shape index (κ1) is 9.51. The van der Waals surface area contributed by atoms with Gasteiger partial charge in [-0.25, -0.2) is 9.31 Å². The first-order valence-electron chi connectivity index (χ1n) is 4.78. The third-order valence-electron chi connectivity index (χ3n) is 1.99. The van der Waals surface area contributed by atoms with E-state index in [1.165, 1.54) is 0 Å². The standard InChI is InChI=1S/C10H12N4O/c1-2-11-10(15)13-8-4-6-14-9(7-8)3-5-12-14/h3-7H,2H2,1H3,(H2,11,13,15). The molecule has 0 unspecified atom stereocenters. The van der Waals surface area contributed by atoms with Crippen LogP contribution in [0.25, 0.3) is 5.52 Å². The SMILES string of the molecule is CCNC(=O)Nc1ccn2nccc2c1. The molecule has 0 saturated heterocycles. The van der Waals surface area contributed by atoms with E-state index in [9.17, 15) is 4.79 Å². The number of carbonyl (C=O) groups excluding carboxylic acids is 1. The number of fused-ring (bicyclic) bond motifs is 1. The van der Waals surface area contributed by atoms with Crippen LogP contribution in [0.1, 0.15) is 6.92 Å². The van der Waals surface area contributed by atoms with Gasteiger partial charge < -0.3 is 10.6 Å². The molecule has 0 spiro atoms. The number of anilines is 1. The Kier molecular flexibility index (Phi) is 2.53. The molecule has 2 N–H and O–H groups in total. The molecule has 0 radical (unpaired) electrons. The Morgan fingerprint density at radius 2 is 2.40 bits per heavy atom. The maximum Gasteiger partial charge on any atom is 0.319 e. The zero-order valence-corrected chi connectivity index (χ0v) is 8.40. The highest BCUT2D eigenvalue weighted by Crippen LogP contribution is 2.10. The molecule has 0 bridgehead atoms. The summed E-state index contributed by atoms with van der Waals surface area (Å²) in [6, 6.07) is 5.35. The number of pyridine rings is 1. The number of urea groups is 1.